The minimum Gasteiger partial charge on any atom is -0.378 e. The van der Waals surface area contributed by atoms with E-state index in [-0.39, 0.29) is 18.0 Å². The Labute approximate surface area is 120 Å². The number of hydrogen-bond acceptors (Lipinski definition) is 4. The summed E-state index contributed by atoms with van der Waals surface area (Å²) in [5, 5.41) is 8.70. The van der Waals surface area contributed by atoms with Crippen LogP contribution in [0.5, 0.6) is 0 Å². The maximum absolute atomic E-state index is 11.5. The number of ether oxygens (including phenoxy) is 1. The van der Waals surface area contributed by atoms with Gasteiger partial charge in [0.2, 0.25) is 5.91 Å². The largest absolute Gasteiger partial charge is 0.378 e. The van der Waals surface area contributed by atoms with Gasteiger partial charge in [-0.15, -0.1) is 0 Å². The van der Waals surface area contributed by atoms with E-state index in [4.69, 9.17) is 4.74 Å². The Hall–Kier alpha value is -1.34. The third-order valence-corrected chi connectivity index (χ3v) is 3.10. The van der Waals surface area contributed by atoms with Crippen LogP contribution in [0, 0.1) is 0 Å². The molecule has 20 heavy (non-hydrogen) atoms. The summed E-state index contributed by atoms with van der Waals surface area (Å²) in [6.07, 6.45) is 2.67. The number of urea groups is 1. The molecule has 3 amide bonds. The Balaban J connectivity index is 1.96. The van der Waals surface area contributed by atoms with E-state index in [1.54, 1.807) is 14.1 Å². The number of piperidine rings is 1. The highest BCUT2D eigenvalue weighted by Crippen LogP contribution is 2.07. The van der Waals surface area contributed by atoms with Crippen LogP contribution in [0.25, 0.3) is 0 Å². The van der Waals surface area contributed by atoms with Gasteiger partial charge in [-0.1, -0.05) is 0 Å². The Morgan fingerprint density at radius 1 is 1.20 bits per heavy atom. The fourth-order valence-electron chi connectivity index (χ4n) is 1.90. The Morgan fingerprint density at radius 3 is 2.50 bits per heavy atom. The number of carbonyl (C=O) groups is 2. The number of carbonyl (C=O) groups excluding carboxylic acids is 2. The second-order valence-electron chi connectivity index (χ2n) is 5.05. The number of nitrogens with one attached hydrogen (secondary N) is 3. The molecule has 3 N–H and O–H groups in total. The molecule has 1 saturated heterocycles. The molecule has 0 spiro atoms. The molecule has 0 unspecified atom stereocenters. The Bertz CT molecular complexity index is 304. The third kappa shape index (κ3) is 7.30. The molecule has 0 aliphatic carbocycles. The van der Waals surface area contributed by atoms with Gasteiger partial charge in [0.05, 0.1) is 12.7 Å². The first-order valence-corrected chi connectivity index (χ1v) is 7.13. The Morgan fingerprint density at radius 2 is 1.85 bits per heavy atom. The zero-order chi connectivity index (χ0) is 14.8. The lowest BCUT2D eigenvalue weighted by molar-refractivity contribution is -0.122. The first kappa shape index (κ1) is 16.7. The highest BCUT2D eigenvalue weighted by molar-refractivity contribution is 5.76. The first-order valence-electron chi connectivity index (χ1n) is 7.13. The summed E-state index contributed by atoms with van der Waals surface area (Å²) in [5.41, 5.74) is 0. The molecule has 116 valence electrons. The average molecular weight is 286 g/mol. The predicted molar refractivity (Wildman–Crippen MR) is 76.6 cm³/mol. The van der Waals surface area contributed by atoms with Crippen molar-refractivity contribution >= 4 is 11.9 Å². The van der Waals surface area contributed by atoms with E-state index in [0.717, 1.165) is 25.9 Å². The van der Waals surface area contributed by atoms with Crippen molar-refractivity contribution in [1.82, 2.24) is 20.9 Å². The summed E-state index contributed by atoms with van der Waals surface area (Å²) < 4.78 is 5.65. The molecule has 0 aromatic heterocycles. The van der Waals surface area contributed by atoms with Gasteiger partial charge in [0.1, 0.15) is 0 Å². The van der Waals surface area contributed by atoms with Crippen molar-refractivity contribution in [2.75, 3.05) is 46.9 Å². The summed E-state index contributed by atoms with van der Waals surface area (Å²) in [5.74, 6) is -0.0435. The van der Waals surface area contributed by atoms with Crippen LogP contribution in [0.3, 0.4) is 0 Å². The smallest absolute Gasteiger partial charge is 0.316 e. The Kier molecular flexibility index (Phi) is 7.98. The number of amides is 3. The van der Waals surface area contributed by atoms with E-state index in [9.17, 15) is 9.59 Å². The number of rotatable bonds is 7. The molecule has 1 aliphatic rings. The van der Waals surface area contributed by atoms with Gasteiger partial charge in [0.25, 0.3) is 0 Å². The average Bonchev–Trinajstić information content (AvgIpc) is 2.44. The zero-order valence-electron chi connectivity index (χ0n) is 12.4. The van der Waals surface area contributed by atoms with Crippen LogP contribution >= 0.6 is 0 Å². The lowest BCUT2D eigenvalue weighted by atomic mass is 10.1. The molecular formula is C13H26N4O3. The molecule has 1 fully saturated rings. The van der Waals surface area contributed by atoms with Crippen LogP contribution < -0.4 is 16.0 Å². The summed E-state index contributed by atoms with van der Waals surface area (Å²) in [6.45, 7) is 3.30. The molecule has 0 saturated carbocycles. The van der Waals surface area contributed by atoms with Gasteiger partial charge in [-0.2, -0.15) is 0 Å². The summed E-state index contributed by atoms with van der Waals surface area (Å²) in [4.78, 5) is 24.2. The van der Waals surface area contributed by atoms with Crippen molar-refractivity contribution in [1.29, 1.82) is 0 Å². The highest BCUT2D eigenvalue weighted by Gasteiger charge is 2.13. The van der Waals surface area contributed by atoms with E-state index in [2.05, 4.69) is 16.0 Å². The molecule has 0 atom stereocenters. The fraction of sp³-hybridized carbons (Fsp3) is 0.846. The minimum atomic E-state index is -0.159. The monoisotopic (exact) mass is 286 g/mol. The molecule has 0 aromatic rings. The van der Waals surface area contributed by atoms with Gasteiger partial charge in [-0.3, -0.25) is 4.79 Å². The van der Waals surface area contributed by atoms with E-state index >= 15 is 0 Å². The molecule has 1 heterocycles. The first-order chi connectivity index (χ1) is 9.59. The van der Waals surface area contributed by atoms with Crippen LogP contribution in [-0.2, 0) is 9.53 Å². The minimum absolute atomic E-state index is 0.0435. The molecule has 0 aromatic carbocycles. The van der Waals surface area contributed by atoms with Crippen molar-refractivity contribution < 1.29 is 14.3 Å². The van der Waals surface area contributed by atoms with Crippen molar-refractivity contribution in [2.24, 2.45) is 0 Å². The van der Waals surface area contributed by atoms with Gasteiger partial charge in [0, 0.05) is 33.6 Å². The molecule has 7 nitrogen and oxygen atoms in total. The third-order valence-electron chi connectivity index (χ3n) is 3.10. The summed E-state index contributed by atoms with van der Waals surface area (Å²) >= 11 is 0. The number of hydrogen-bond donors (Lipinski definition) is 3. The molecule has 0 radical (unpaired) electrons. The van der Waals surface area contributed by atoms with Gasteiger partial charge in [-0.25, -0.2) is 4.79 Å². The molecule has 7 heteroatoms. The van der Waals surface area contributed by atoms with Crippen molar-refractivity contribution in [2.45, 2.75) is 25.4 Å². The van der Waals surface area contributed by atoms with Crippen molar-refractivity contribution in [3.63, 3.8) is 0 Å². The van der Waals surface area contributed by atoms with Crippen molar-refractivity contribution in [3.8, 4) is 0 Å². The molecular weight excluding hydrogens is 260 g/mol. The summed E-state index contributed by atoms with van der Waals surface area (Å²) in [6, 6.07) is -0.159. The molecule has 1 aliphatic heterocycles. The lowest BCUT2D eigenvalue weighted by Crippen LogP contribution is -2.39. The van der Waals surface area contributed by atoms with Gasteiger partial charge < -0.3 is 25.6 Å². The topological polar surface area (TPSA) is 82.7 Å². The SMILES string of the molecule is CN(C)C(=O)NCCNC(=O)CCOC1CCNCC1. The van der Waals surface area contributed by atoms with Crippen LogP contribution in [-0.4, -0.2) is 69.8 Å². The quantitative estimate of drug-likeness (QED) is 0.553. The maximum Gasteiger partial charge on any atom is 0.316 e. The van der Waals surface area contributed by atoms with Gasteiger partial charge in [0.15, 0.2) is 0 Å². The van der Waals surface area contributed by atoms with E-state index in [1.165, 1.54) is 4.90 Å². The number of nitrogens with zero attached hydrogens (tertiary/aromatic N) is 1. The molecule has 0 bridgehead atoms. The van der Waals surface area contributed by atoms with Crippen molar-refractivity contribution in [3.05, 3.63) is 0 Å². The van der Waals surface area contributed by atoms with Crippen LogP contribution in [0.15, 0.2) is 0 Å². The predicted octanol–water partition coefficient (Wildman–Crippen LogP) is -0.467. The van der Waals surface area contributed by atoms with Crippen LogP contribution in [0.2, 0.25) is 0 Å². The van der Waals surface area contributed by atoms with E-state index in [0.29, 0.717) is 26.1 Å². The highest BCUT2D eigenvalue weighted by atomic mass is 16.5. The van der Waals surface area contributed by atoms with E-state index in [1.807, 2.05) is 0 Å². The maximum atomic E-state index is 11.5. The normalized spacial score (nSPS) is 15.7. The standard InChI is InChI=1S/C13H26N4O3/c1-17(2)13(19)16-9-8-15-12(18)5-10-20-11-3-6-14-7-4-11/h11,14H,3-10H2,1-2H3,(H,15,18)(H,16,19). The lowest BCUT2D eigenvalue weighted by Gasteiger charge is -2.22. The van der Waals surface area contributed by atoms with Gasteiger partial charge >= 0.3 is 6.03 Å². The summed E-state index contributed by atoms with van der Waals surface area (Å²) in [7, 11) is 3.35. The van der Waals surface area contributed by atoms with Crippen LogP contribution in [0.1, 0.15) is 19.3 Å². The van der Waals surface area contributed by atoms with Crippen LogP contribution in [0.4, 0.5) is 4.79 Å². The van der Waals surface area contributed by atoms with Gasteiger partial charge in [-0.05, 0) is 25.9 Å². The zero-order valence-corrected chi connectivity index (χ0v) is 12.4. The molecule has 1 rings (SSSR count). The second kappa shape index (κ2) is 9.55. The fourth-order valence-corrected chi connectivity index (χ4v) is 1.90. The van der Waals surface area contributed by atoms with E-state index < -0.39 is 0 Å². The second-order valence-corrected chi connectivity index (χ2v) is 5.05.